The van der Waals surface area contributed by atoms with Crippen molar-refractivity contribution < 1.29 is 28.8 Å². The smallest absolute Gasteiger partial charge is 0.270 e. The van der Waals surface area contributed by atoms with Crippen LogP contribution in [0.25, 0.3) is 0 Å². The van der Waals surface area contributed by atoms with E-state index in [4.69, 9.17) is 4.74 Å². The van der Waals surface area contributed by atoms with Gasteiger partial charge in [0, 0.05) is 45.4 Å². The van der Waals surface area contributed by atoms with Crippen LogP contribution in [0.1, 0.15) is 20.7 Å². The molecule has 2 aliphatic heterocycles. The van der Waals surface area contributed by atoms with E-state index in [1.807, 2.05) is 0 Å². The quantitative estimate of drug-likeness (QED) is 0.377. The molecule has 2 heterocycles. The molecule has 0 spiro atoms. The molecule has 0 aromatic heterocycles. The van der Waals surface area contributed by atoms with Gasteiger partial charge in [0.1, 0.15) is 13.2 Å². The lowest BCUT2D eigenvalue weighted by Crippen LogP contribution is -2.53. The van der Waals surface area contributed by atoms with Gasteiger partial charge in [0.15, 0.2) is 0 Å². The van der Waals surface area contributed by atoms with Crippen molar-refractivity contribution in [2.45, 2.75) is 0 Å². The van der Waals surface area contributed by atoms with Gasteiger partial charge in [-0.25, -0.2) is 0 Å². The Morgan fingerprint density at radius 3 is 2.18 bits per heavy atom. The third-order valence-corrected chi connectivity index (χ3v) is 4.71. The van der Waals surface area contributed by atoms with Gasteiger partial charge in [-0.05, 0) is 6.07 Å². The minimum absolute atomic E-state index is 0.0326. The zero-order valence-corrected chi connectivity index (χ0v) is 15.1. The largest absolute Gasteiger partial charge is 0.375 e. The first-order chi connectivity index (χ1) is 13.3. The van der Waals surface area contributed by atoms with E-state index in [2.05, 4.69) is 0 Å². The molecule has 148 valence electrons. The van der Waals surface area contributed by atoms with Gasteiger partial charge in [-0.1, -0.05) is 0 Å². The first kappa shape index (κ1) is 19.4. The monoisotopic (exact) mass is 390 g/mol. The van der Waals surface area contributed by atoms with E-state index in [0.29, 0.717) is 13.1 Å². The highest BCUT2D eigenvalue weighted by atomic mass is 16.6. The van der Waals surface area contributed by atoms with Gasteiger partial charge >= 0.3 is 0 Å². The Labute approximate surface area is 159 Å². The number of nitro groups is 1. The van der Waals surface area contributed by atoms with Crippen LogP contribution in [0.15, 0.2) is 18.2 Å². The summed E-state index contributed by atoms with van der Waals surface area (Å²) in [4.78, 5) is 63.2. The fraction of sp³-hybridized carbons (Fsp3) is 0.412. The molecule has 0 unspecified atom stereocenters. The molecule has 2 aliphatic rings. The second-order valence-electron chi connectivity index (χ2n) is 6.38. The number of piperazine rings is 1. The summed E-state index contributed by atoms with van der Waals surface area (Å²) >= 11 is 0. The summed E-state index contributed by atoms with van der Waals surface area (Å²) in [6, 6.07) is 3.41. The Balaban J connectivity index is 1.64. The van der Waals surface area contributed by atoms with Crippen LogP contribution in [0.4, 0.5) is 5.69 Å². The number of carbonyl (C=O) groups is 4. The molecule has 3 rings (SSSR count). The molecule has 0 N–H and O–H groups in total. The highest BCUT2D eigenvalue weighted by molar-refractivity contribution is 6.22. The number of non-ortho nitro benzene ring substituents is 1. The SMILES string of the molecule is COCC(=O)N1CCN(C(=O)CN2C(=O)c3ccc([N+](=O)[O-])cc3C2=O)CC1. The zero-order chi connectivity index (χ0) is 20.4. The lowest BCUT2D eigenvalue weighted by molar-refractivity contribution is -0.384. The van der Waals surface area contributed by atoms with Crippen LogP contribution in [0, 0.1) is 10.1 Å². The van der Waals surface area contributed by atoms with E-state index >= 15 is 0 Å². The third kappa shape index (κ3) is 3.56. The number of ether oxygens (including phenoxy) is 1. The number of nitrogens with zero attached hydrogens (tertiary/aromatic N) is 4. The Bertz CT molecular complexity index is 861. The number of benzene rings is 1. The molecule has 11 nitrogen and oxygen atoms in total. The first-order valence-corrected chi connectivity index (χ1v) is 8.52. The van der Waals surface area contributed by atoms with Crippen molar-refractivity contribution >= 4 is 29.3 Å². The number of imide groups is 1. The predicted octanol–water partition coefficient (Wildman–Crippen LogP) is -0.492. The lowest BCUT2D eigenvalue weighted by atomic mass is 10.1. The molecule has 28 heavy (non-hydrogen) atoms. The highest BCUT2D eigenvalue weighted by Gasteiger charge is 2.38. The van der Waals surface area contributed by atoms with E-state index in [-0.39, 0.29) is 42.4 Å². The summed E-state index contributed by atoms with van der Waals surface area (Å²) < 4.78 is 4.80. The fourth-order valence-corrected chi connectivity index (χ4v) is 3.19. The molecule has 0 atom stereocenters. The zero-order valence-electron chi connectivity index (χ0n) is 15.1. The van der Waals surface area contributed by atoms with E-state index in [1.165, 1.54) is 18.1 Å². The second-order valence-corrected chi connectivity index (χ2v) is 6.38. The molecular formula is C17H18N4O7. The minimum Gasteiger partial charge on any atom is -0.375 e. The maximum absolute atomic E-state index is 12.5. The van der Waals surface area contributed by atoms with Gasteiger partial charge in [0.25, 0.3) is 17.5 Å². The van der Waals surface area contributed by atoms with Crippen molar-refractivity contribution in [3.05, 3.63) is 39.4 Å². The average molecular weight is 390 g/mol. The third-order valence-electron chi connectivity index (χ3n) is 4.71. The molecule has 0 radical (unpaired) electrons. The van der Waals surface area contributed by atoms with E-state index < -0.39 is 29.2 Å². The molecule has 1 fully saturated rings. The first-order valence-electron chi connectivity index (χ1n) is 8.52. The second kappa shape index (κ2) is 7.72. The van der Waals surface area contributed by atoms with E-state index in [0.717, 1.165) is 17.0 Å². The average Bonchev–Trinajstić information content (AvgIpc) is 2.92. The van der Waals surface area contributed by atoms with Crippen LogP contribution >= 0.6 is 0 Å². The molecule has 1 aromatic rings. The highest BCUT2D eigenvalue weighted by Crippen LogP contribution is 2.26. The summed E-state index contributed by atoms with van der Waals surface area (Å²) in [7, 11) is 1.42. The predicted molar refractivity (Wildman–Crippen MR) is 93.5 cm³/mol. The lowest BCUT2D eigenvalue weighted by Gasteiger charge is -2.35. The summed E-state index contributed by atoms with van der Waals surface area (Å²) in [6.07, 6.45) is 0. The normalized spacial score (nSPS) is 16.4. The summed E-state index contributed by atoms with van der Waals surface area (Å²) in [5, 5.41) is 10.9. The van der Waals surface area contributed by atoms with Crippen LogP contribution in [0.2, 0.25) is 0 Å². The van der Waals surface area contributed by atoms with Crippen LogP contribution in [-0.2, 0) is 14.3 Å². The summed E-state index contributed by atoms with van der Waals surface area (Å²) in [5.74, 6) is -1.98. The van der Waals surface area contributed by atoms with Gasteiger partial charge in [-0.2, -0.15) is 0 Å². The van der Waals surface area contributed by atoms with Gasteiger partial charge in [-0.15, -0.1) is 0 Å². The molecule has 1 saturated heterocycles. The van der Waals surface area contributed by atoms with E-state index in [1.54, 1.807) is 4.90 Å². The van der Waals surface area contributed by atoms with Crippen molar-refractivity contribution in [3.8, 4) is 0 Å². The van der Waals surface area contributed by atoms with Crippen LogP contribution < -0.4 is 0 Å². The van der Waals surface area contributed by atoms with Crippen LogP contribution in [0.3, 0.4) is 0 Å². The van der Waals surface area contributed by atoms with Crippen molar-refractivity contribution in [2.75, 3.05) is 46.4 Å². The number of hydrogen-bond acceptors (Lipinski definition) is 7. The van der Waals surface area contributed by atoms with Gasteiger partial charge in [-0.3, -0.25) is 34.2 Å². The number of rotatable bonds is 5. The molecule has 0 bridgehead atoms. The topological polar surface area (TPSA) is 130 Å². The van der Waals surface area contributed by atoms with Crippen molar-refractivity contribution in [1.82, 2.24) is 14.7 Å². The van der Waals surface area contributed by atoms with Gasteiger partial charge < -0.3 is 14.5 Å². The van der Waals surface area contributed by atoms with Crippen LogP contribution in [-0.4, -0.2) is 89.7 Å². The Kier molecular flexibility index (Phi) is 5.36. The number of nitro benzene ring substituents is 1. The van der Waals surface area contributed by atoms with Crippen molar-refractivity contribution in [3.63, 3.8) is 0 Å². The number of hydrogen-bond donors (Lipinski definition) is 0. The number of amides is 4. The molecule has 11 heteroatoms. The fourth-order valence-electron chi connectivity index (χ4n) is 3.19. The van der Waals surface area contributed by atoms with Crippen LogP contribution in [0.5, 0.6) is 0 Å². The number of carbonyl (C=O) groups excluding carboxylic acids is 4. The Morgan fingerprint density at radius 2 is 1.61 bits per heavy atom. The molecule has 1 aromatic carbocycles. The molecule has 0 aliphatic carbocycles. The summed E-state index contributed by atoms with van der Waals surface area (Å²) in [5.41, 5.74) is -0.342. The maximum Gasteiger partial charge on any atom is 0.270 e. The van der Waals surface area contributed by atoms with Gasteiger partial charge in [0.2, 0.25) is 11.8 Å². The molecular weight excluding hydrogens is 372 g/mol. The van der Waals surface area contributed by atoms with Crippen molar-refractivity contribution in [2.24, 2.45) is 0 Å². The maximum atomic E-state index is 12.5. The van der Waals surface area contributed by atoms with Gasteiger partial charge in [0.05, 0.1) is 16.1 Å². The molecule has 4 amide bonds. The molecule has 0 saturated carbocycles. The number of methoxy groups -OCH3 is 1. The summed E-state index contributed by atoms with van der Waals surface area (Å²) in [6.45, 7) is 0.748. The minimum atomic E-state index is -0.731. The number of fused-ring (bicyclic) bond motifs is 1. The Morgan fingerprint density at radius 1 is 1.04 bits per heavy atom. The van der Waals surface area contributed by atoms with E-state index in [9.17, 15) is 29.3 Å². The standard InChI is InChI=1S/C17H18N4O7/c1-28-10-15(23)19-6-4-18(5-7-19)14(22)9-20-16(24)12-3-2-11(21(26)27)8-13(12)17(20)25/h2-3,8H,4-7,9-10H2,1H3. The van der Waals surface area contributed by atoms with Crippen molar-refractivity contribution in [1.29, 1.82) is 0 Å². The Hall–Kier alpha value is -3.34.